The summed E-state index contributed by atoms with van der Waals surface area (Å²) in [6, 6.07) is 1.26. The Balaban J connectivity index is 1.89. The van der Waals surface area contributed by atoms with Gasteiger partial charge in [-0.1, -0.05) is 13.3 Å². The quantitative estimate of drug-likeness (QED) is 0.854. The van der Waals surface area contributed by atoms with E-state index in [1.54, 1.807) is 0 Å². The minimum atomic E-state index is -0.853. The molecule has 1 nitrogen and oxygen atoms in total. The molecule has 110 valence electrons. The van der Waals surface area contributed by atoms with Crippen molar-refractivity contribution in [2.75, 3.05) is 6.54 Å². The van der Waals surface area contributed by atoms with Crippen LogP contribution >= 0.6 is 0 Å². The molecule has 0 amide bonds. The third-order valence-corrected chi connectivity index (χ3v) is 4.83. The van der Waals surface area contributed by atoms with Crippen LogP contribution in [-0.4, -0.2) is 6.54 Å². The smallest absolute Gasteiger partial charge is 0.133 e. The molecule has 1 aromatic rings. The molecule has 2 saturated carbocycles. The lowest BCUT2D eigenvalue weighted by atomic mass is 9.95. The molecule has 0 spiro atoms. The van der Waals surface area contributed by atoms with E-state index >= 15 is 0 Å². The Labute approximate surface area is 117 Å². The number of benzene rings is 1. The number of nitrogens with one attached hydrogen (secondary N) is 1. The summed E-state index contributed by atoms with van der Waals surface area (Å²) in [6.45, 7) is 2.74. The Bertz CT molecular complexity index is 469. The Kier molecular flexibility index (Phi) is 3.76. The van der Waals surface area contributed by atoms with Crippen molar-refractivity contribution >= 4 is 0 Å². The molecule has 20 heavy (non-hydrogen) atoms. The van der Waals surface area contributed by atoms with Crippen LogP contribution in [0.25, 0.3) is 0 Å². The molecule has 0 bridgehead atoms. The summed E-state index contributed by atoms with van der Waals surface area (Å²) in [5.41, 5.74) is 0.0271. The number of hydrogen-bond donors (Lipinski definition) is 1. The minimum Gasteiger partial charge on any atom is -0.309 e. The Hall–Kier alpha value is -1.03. The average Bonchev–Trinajstić information content (AvgIpc) is 2.85. The Morgan fingerprint density at radius 2 is 1.75 bits per heavy atom. The molecule has 1 N–H and O–H groups in total. The molecule has 0 radical (unpaired) electrons. The Morgan fingerprint density at radius 3 is 2.30 bits per heavy atom. The number of rotatable bonds is 5. The van der Waals surface area contributed by atoms with Gasteiger partial charge in [0.1, 0.15) is 17.5 Å². The van der Waals surface area contributed by atoms with Gasteiger partial charge in [-0.15, -0.1) is 0 Å². The molecule has 2 aliphatic rings. The number of hydrogen-bond acceptors (Lipinski definition) is 1. The van der Waals surface area contributed by atoms with Gasteiger partial charge in [-0.25, -0.2) is 13.2 Å². The first kappa shape index (κ1) is 13.9. The van der Waals surface area contributed by atoms with Crippen molar-refractivity contribution in [2.24, 2.45) is 17.8 Å². The van der Waals surface area contributed by atoms with E-state index in [1.807, 2.05) is 6.92 Å². The van der Waals surface area contributed by atoms with Crippen LogP contribution in [0.15, 0.2) is 12.1 Å². The highest BCUT2D eigenvalue weighted by Crippen LogP contribution is 2.62. The SMILES string of the molecule is CCCNC(c1c(F)cc(F)cc1F)C1C2CCCC21. The summed E-state index contributed by atoms with van der Waals surface area (Å²) in [5, 5.41) is 3.27. The van der Waals surface area contributed by atoms with Gasteiger partial charge >= 0.3 is 0 Å². The van der Waals surface area contributed by atoms with Gasteiger partial charge in [0.15, 0.2) is 0 Å². The minimum absolute atomic E-state index is 0.0271. The largest absolute Gasteiger partial charge is 0.309 e. The van der Waals surface area contributed by atoms with Gasteiger partial charge < -0.3 is 5.32 Å². The first-order chi connectivity index (χ1) is 9.63. The second-order valence-corrected chi connectivity index (χ2v) is 6.05. The van der Waals surface area contributed by atoms with Gasteiger partial charge in [0, 0.05) is 23.7 Å². The summed E-state index contributed by atoms with van der Waals surface area (Å²) in [4.78, 5) is 0. The first-order valence-corrected chi connectivity index (χ1v) is 7.51. The van der Waals surface area contributed by atoms with Crippen LogP contribution in [0.4, 0.5) is 13.2 Å². The highest BCUT2D eigenvalue weighted by Gasteiger charge is 2.56. The van der Waals surface area contributed by atoms with Gasteiger partial charge in [0.2, 0.25) is 0 Å². The zero-order valence-electron chi connectivity index (χ0n) is 11.6. The summed E-state index contributed by atoms with van der Waals surface area (Å²) in [6.07, 6.45) is 4.44. The van der Waals surface area contributed by atoms with Crippen molar-refractivity contribution in [3.8, 4) is 0 Å². The van der Waals surface area contributed by atoms with Crippen molar-refractivity contribution in [3.63, 3.8) is 0 Å². The molecule has 3 unspecified atom stereocenters. The fourth-order valence-electron chi connectivity index (χ4n) is 3.95. The number of fused-ring (bicyclic) bond motifs is 1. The molecule has 2 fully saturated rings. The summed E-state index contributed by atoms with van der Waals surface area (Å²) in [5.74, 6) is -0.887. The molecule has 0 heterocycles. The standard InChI is InChI=1S/C16H20F3N/c1-2-6-20-16(14-10-4-3-5-11(10)14)15-12(18)7-9(17)8-13(15)19/h7-8,10-11,14,16,20H,2-6H2,1H3. The van der Waals surface area contributed by atoms with Crippen molar-refractivity contribution < 1.29 is 13.2 Å². The average molecular weight is 283 g/mol. The lowest BCUT2D eigenvalue weighted by Crippen LogP contribution is -2.27. The molecule has 0 aliphatic heterocycles. The third-order valence-electron chi connectivity index (χ3n) is 4.83. The van der Waals surface area contributed by atoms with E-state index in [1.165, 1.54) is 6.42 Å². The lowest BCUT2D eigenvalue weighted by Gasteiger charge is -2.22. The molecular weight excluding hydrogens is 263 g/mol. The van der Waals surface area contributed by atoms with Crippen LogP contribution < -0.4 is 5.32 Å². The van der Waals surface area contributed by atoms with Crippen molar-refractivity contribution in [1.29, 1.82) is 0 Å². The van der Waals surface area contributed by atoms with E-state index < -0.39 is 17.5 Å². The van der Waals surface area contributed by atoms with E-state index in [0.717, 1.165) is 37.9 Å². The van der Waals surface area contributed by atoms with Crippen molar-refractivity contribution in [2.45, 2.75) is 38.6 Å². The molecule has 4 heteroatoms. The highest BCUT2D eigenvalue weighted by atomic mass is 19.1. The fraction of sp³-hybridized carbons (Fsp3) is 0.625. The van der Waals surface area contributed by atoms with E-state index in [-0.39, 0.29) is 11.6 Å². The van der Waals surface area contributed by atoms with Crippen molar-refractivity contribution in [3.05, 3.63) is 35.1 Å². The van der Waals surface area contributed by atoms with Gasteiger partial charge in [0.25, 0.3) is 0 Å². The number of halogens is 3. The third kappa shape index (κ3) is 2.34. The lowest BCUT2D eigenvalue weighted by molar-refractivity contribution is 0.385. The zero-order valence-corrected chi connectivity index (χ0v) is 11.6. The fourth-order valence-corrected chi connectivity index (χ4v) is 3.95. The second kappa shape index (κ2) is 5.40. The zero-order chi connectivity index (χ0) is 14.3. The maximum atomic E-state index is 14.0. The Morgan fingerprint density at radius 1 is 1.15 bits per heavy atom. The molecule has 0 saturated heterocycles. The first-order valence-electron chi connectivity index (χ1n) is 7.51. The monoisotopic (exact) mass is 283 g/mol. The van der Waals surface area contributed by atoms with Crippen LogP contribution in [0.3, 0.4) is 0 Å². The van der Waals surface area contributed by atoms with E-state index in [0.29, 0.717) is 17.8 Å². The van der Waals surface area contributed by atoms with Crippen LogP contribution in [0.2, 0.25) is 0 Å². The maximum absolute atomic E-state index is 14.0. The molecular formula is C16H20F3N. The van der Waals surface area contributed by atoms with Crippen LogP contribution in [0.5, 0.6) is 0 Å². The van der Waals surface area contributed by atoms with Gasteiger partial charge in [-0.05, 0) is 43.6 Å². The molecule has 1 aromatic carbocycles. The van der Waals surface area contributed by atoms with E-state index in [2.05, 4.69) is 5.32 Å². The molecule has 0 aromatic heterocycles. The summed E-state index contributed by atoms with van der Waals surface area (Å²) in [7, 11) is 0. The highest BCUT2D eigenvalue weighted by molar-refractivity contribution is 5.28. The van der Waals surface area contributed by atoms with E-state index in [9.17, 15) is 13.2 Å². The van der Waals surface area contributed by atoms with Crippen LogP contribution in [-0.2, 0) is 0 Å². The van der Waals surface area contributed by atoms with Crippen LogP contribution in [0.1, 0.15) is 44.2 Å². The second-order valence-electron chi connectivity index (χ2n) is 6.05. The molecule has 2 aliphatic carbocycles. The van der Waals surface area contributed by atoms with Gasteiger partial charge in [-0.2, -0.15) is 0 Å². The molecule has 3 atom stereocenters. The normalized spacial score (nSPS) is 29.3. The topological polar surface area (TPSA) is 12.0 Å². The van der Waals surface area contributed by atoms with Gasteiger partial charge in [-0.3, -0.25) is 0 Å². The van der Waals surface area contributed by atoms with Crippen LogP contribution in [0, 0.1) is 35.2 Å². The van der Waals surface area contributed by atoms with E-state index in [4.69, 9.17) is 0 Å². The summed E-state index contributed by atoms with van der Waals surface area (Å²) < 4.78 is 41.1. The predicted octanol–water partition coefficient (Wildman–Crippen LogP) is 4.19. The van der Waals surface area contributed by atoms with Gasteiger partial charge in [0.05, 0.1) is 0 Å². The summed E-state index contributed by atoms with van der Waals surface area (Å²) >= 11 is 0. The van der Waals surface area contributed by atoms with Crippen molar-refractivity contribution in [1.82, 2.24) is 5.32 Å². The maximum Gasteiger partial charge on any atom is 0.133 e. The molecule has 3 rings (SSSR count). The predicted molar refractivity (Wildman–Crippen MR) is 71.7 cm³/mol.